The van der Waals surface area contributed by atoms with Gasteiger partial charge in [0.25, 0.3) is 0 Å². The fraction of sp³-hybridized carbons (Fsp3) is 0.250. The molecular formula is C4H5F2NO. The molecule has 0 aliphatic heterocycles. The largest absolute Gasteiger partial charge is 0.400 e. The molecule has 0 aliphatic rings. The van der Waals surface area contributed by atoms with Crippen LogP contribution in [0.2, 0.25) is 0 Å². The number of halogens is 2. The van der Waals surface area contributed by atoms with Crippen molar-refractivity contribution in [1.82, 2.24) is 0 Å². The minimum absolute atomic E-state index is 0.433. The summed E-state index contributed by atoms with van der Waals surface area (Å²) < 4.78 is 22.9. The Kier molecular flexibility index (Phi) is 2.12. The van der Waals surface area contributed by atoms with Crippen molar-refractivity contribution in [3.63, 3.8) is 0 Å². The van der Waals surface area contributed by atoms with Crippen molar-refractivity contribution in [2.45, 2.75) is 6.92 Å². The molecule has 0 heterocycles. The minimum atomic E-state index is -2.12. The molecule has 2 nitrogen and oxygen atoms in total. The van der Waals surface area contributed by atoms with Gasteiger partial charge in [0.1, 0.15) is 0 Å². The first-order chi connectivity index (χ1) is 3.55. The summed E-state index contributed by atoms with van der Waals surface area (Å²) in [5.41, 5.74) is 4.25. The van der Waals surface area contributed by atoms with Gasteiger partial charge in [0.05, 0.1) is 0 Å². The summed E-state index contributed by atoms with van der Waals surface area (Å²) in [4.78, 5) is 9.41. The zero-order valence-electron chi connectivity index (χ0n) is 4.24. The van der Waals surface area contributed by atoms with E-state index in [1.54, 1.807) is 0 Å². The normalized spacial score (nSPS) is 12.9. The highest BCUT2D eigenvalue weighted by molar-refractivity contribution is 5.85. The fourth-order valence-corrected chi connectivity index (χ4v) is 0.155. The maximum absolute atomic E-state index is 11.7. The monoisotopic (exact) mass is 121 g/mol. The van der Waals surface area contributed by atoms with Crippen LogP contribution in [0.15, 0.2) is 11.5 Å². The molecule has 0 bridgehead atoms. The average Bonchev–Trinajstić information content (AvgIpc) is 1.64. The number of carbonyl (C=O) groups excluding carboxylic acids is 1. The Morgan fingerprint density at radius 3 is 1.88 bits per heavy atom. The summed E-state index contributed by atoms with van der Waals surface area (Å²) in [6.07, 6.45) is 0. The molecule has 4 heteroatoms. The van der Waals surface area contributed by atoms with Crippen LogP contribution in [0.3, 0.4) is 0 Å². The molecule has 0 rings (SSSR count). The lowest BCUT2D eigenvalue weighted by Crippen LogP contribution is -1.99. The van der Waals surface area contributed by atoms with Gasteiger partial charge in [0.2, 0.25) is 5.83 Å². The molecule has 2 N–H and O–H groups in total. The topological polar surface area (TPSA) is 43.1 Å². The average molecular weight is 121 g/mol. The smallest absolute Gasteiger partial charge is 0.362 e. The van der Waals surface area contributed by atoms with Crippen LogP contribution in [-0.4, -0.2) is 6.04 Å². The van der Waals surface area contributed by atoms with E-state index < -0.39 is 17.6 Å². The number of allylic oxidation sites excluding steroid dienone is 2. The lowest BCUT2D eigenvalue weighted by Gasteiger charge is -1.86. The molecule has 0 amide bonds. The van der Waals surface area contributed by atoms with E-state index in [1.165, 1.54) is 0 Å². The highest BCUT2D eigenvalue weighted by atomic mass is 19.2. The highest BCUT2D eigenvalue weighted by Crippen LogP contribution is 2.01. The highest BCUT2D eigenvalue weighted by Gasteiger charge is 2.07. The molecular weight excluding hydrogens is 116 g/mol. The SMILES string of the molecule is CC(N)=C(F)C(=O)F. The first kappa shape index (κ1) is 7.07. The molecule has 0 aromatic heterocycles. The minimum Gasteiger partial charge on any atom is -0.400 e. The predicted octanol–water partition coefficient (Wildman–Crippen LogP) is 0.642. The molecule has 8 heavy (non-hydrogen) atoms. The quantitative estimate of drug-likeness (QED) is 0.408. The van der Waals surface area contributed by atoms with Crippen LogP contribution in [0.1, 0.15) is 6.92 Å². The lowest BCUT2D eigenvalue weighted by molar-refractivity contribution is -0.126. The summed E-state index contributed by atoms with van der Waals surface area (Å²) in [5.74, 6) is -1.51. The van der Waals surface area contributed by atoms with E-state index in [0.29, 0.717) is 0 Å². The van der Waals surface area contributed by atoms with Crippen LogP contribution in [0.25, 0.3) is 0 Å². The van der Waals surface area contributed by atoms with Gasteiger partial charge in [-0.05, 0) is 6.92 Å². The molecule has 0 radical (unpaired) electrons. The van der Waals surface area contributed by atoms with Crippen molar-refractivity contribution in [1.29, 1.82) is 0 Å². The van der Waals surface area contributed by atoms with E-state index in [9.17, 15) is 13.6 Å². The molecule has 0 aromatic rings. The third-order valence-corrected chi connectivity index (χ3v) is 0.519. The maximum Gasteiger partial charge on any atom is 0.362 e. The van der Waals surface area contributed by atoms with E-state index in [-0.39, 0.29) is 0 Å². The van der Waals surface area contributed by atoms with Gasteiger partial charge in [-0.25, -0.2) is 0 Å². The molecule has 46 valence electrons. The van der Waals surface area contributed by atoms with Crippen LogP contribution < -0.4 is 5.73 Å². The number of hydrogen-bond donors (Lipinski definition) is 1. The molecule has 0 fully saturated rings. The Bertz CT molecular complexity index is 137. The number of hydrogen-bond acceptors (Lipinski definition) is 2. The lowest BCUT2D eigenvalue weighted by atomic mass is 10.4. The molecule has 0 atom stereocenters. The maximum atomic E-state index is 11.7. The van der Waals surface area contributed by atoms with E-state index in [0.717, 1.165) is 6.92 Å². The summed E-state index contributed by atoms with van der Waals surface area (Å²) in [6.45, 7) is 1.10. The standard InChI is InChI=1S/C4H5F2NO/c1-2(7)3(5)4(6)8/h7H2,1H3. The predicted molar refractivity (Wildman–Crippen MR) is 24.1 cm³/mol. The Balaban J connectivity index is 4.23. The van der Waals surface area contributed by atoms with Crippen molar-refractivity contribution < 1.29 is 13.6 Å². The number of nitrogens with two attached hydrogens (primary N) is 1. The van der Waals surface area contributed by atoms with Crippen molar-refractivity contribution in [2.24, 2.45) is 5.73 Å². The Morgan fingerprint density at radius 1 is 1.50 bits per heavy atom. The molecule has 0 unspecified atom stereocenters. The number of rotatable bonds is 1. The van der Waals surface area contributed by atoms with Gasteiger partial charge in [-0.3, -0.25) is 4.79 Å². The molecule has 0 spiro atoms. The van der Waals surface area contributed by atoms with Crippen LogP contribution in [0.4, 0.5) is 8.78 Å². The zero-order chi connectivity index (χ0) is 6.73. The second-order valence-electron chi connectivity index (χ2n) is 1.27. The Labute approximate surface area is 45.0 Å². The van der Waals surface area contributed by atoms with Crippen molar-refractivity contribution in [3.05, 3.63) is 11.5 Å². The zero-order valence-corrected chi connectivity index (χ0v) is 4.24. The number of carbonyl (C=O) groups is 1. The first-order valence-corrected chi connectivity index (χ1v) is 1.87. The van der Waals surface area contributed by atoms with Gasteiger partial charge in [-0.2, -0.15) is 8.78 Å². The second-order valence-corrected chi connectivity index (χ2v) is 1.27. The van der Waals surface area contributed by atoms with Gasteiger partial charge in [0, 0.05) is 5.70 Å². The van der Waals surface area contributed by atoms with Gasteiger partial charge < -0.3 is 5.73 Å². The van der Waals surface area contributed by atoms with Gasteiger partial charge in [-0.15, -0.1) is 0 Å². The molecule has 0 saturated heterocycles. The van der Waals surface area contributed by atoms with Crippen LogP contribution >= 0.6 is 0 Å². The van der Waals surface area contributed by atoms with Crippen molar-refractivity contribution in [3.8, 4) is 0 Å². The summed E-state index contributed by atoms with van der Waals surface area (Å²) in [6, 6.07) is -2.12. The molecule has 0 saturated carbocycles. The summed E-state index contributed by atoms with van der Waals surface area (Å²) in [7, 11) is 0. The molecule has 0 aromatic carbocycles. The Hall–Kier alpha value is -0.930. The second kappa shape index (κ2) is 2.40. The van der Waals surface area contributed by atoms with Gasteiger partial charge in [0.15, 0.2) is 0 Å². The van der Waals surface area contributed by atoms with Gasteiger partial charge >= 0.3 is 6.04 Å². The summed E-state index contributed by atoms with van der Waals surface area (Å²) in [5, 5.41) is 0. The van der Waals surface area contributed by atoms with E-state index in [4.69, 9.17) is 0 Å². The van der Waals surface area contributed by atoms with Crippen LogP contribution in [0, 0.1) is 0 Å². The molecule has 0 aliphatic carbocycles. The third kappa shape index (κ3) is 1.68. The Morgan fingerprint density at radius 2 is 1.88 bits per heavy atom. The van der Waals surface area contributed by atoms with Gasteiger partial charge in [-0.1, -0.05) is 0 Å². The van der Waals surface area contributed by atoms with Crippen LogP contribution in [0.5, 0.6) is 0 Å². The van der Waals surface area contributed by atoms with E-state index in [1.807, 2.05) is 0 Å². The van der Waals surface area contributed by atoms with Crippen LogP contribution in [-0.2, 0) is 4.79 Å². The van der Waals surface area contributed by atoms with E-state index in [2.05, 4.69) is 5.73 Å². The van der Waals surface area contributed by atoms with Crippen molar-refractivity contribution in [2.75, 3.05) is 0 Å². The summed E-state index contributed by atoms with van der Waals surface area (Å²) >= 11 is 0. The fourth-order valence-electron chi connectivity index (χ4n) is 0.155. The third-order valence-electron chi connectivity index (χ3n) is 0.519. The van der Waals surface area contributed by atoms with E-state index >= 15 is 0 Å². The first-order valence-electron chi connectivity index (χ1n) is 1.87. The van der Waals surface area contributed by atoms with Crippen molar-refractivity contribution >= 4 is 6.04 Å².